The third kappa shape index (κ3) is 5.26. The molecule has 2 atom stereocenters. The first-order valence-corrected chi connectivity index (χ1v) is 13.2. The summed E-state index contributed by atoms with van der Waals surface area (Å²) in [7, 11) is -1.34. The van der Waals surface area contributed by atoms with Crippen LogP contribution in [0.2, 0.25) is 0 Å². The zero-order valence-corrected chi connectivity index (χ0v) is 21.9. The first-order chi connectivity index (χ1) is 17.1. The van der Waals surface area contributed by atoms with E-state index < -0.39 is 15.7 Å². The van der Waals surface area contributed by atoms with Gasteiger partial charge in [-0.1, -0.05) is 30.3 Å². The number of aliphatic hydroxyl groups excluding tert-OH is 1. The van der Waals surface area contributed by atoms with Gasteiger partial charge in [0.05, 0.1) is 16.5 Å². The summed E-state index contributed by atoms with van der Waals surface area (Å²) in [6.45, 7) is 8.38. The average Bonchev–Trinajstić information content (AvgIpc) is 3.21. The Kier molecular flexibility index (Phi) is 7.68. The summed E-state index contributed by atoms with van der Waals surface area (Å²) in [6, 6.07) is 15.4. The van der Waals surface area contributed by atoms with E-state index in [9.17, 15) is 18.5 Å². The van der Waals surface area contributed by atoms with Crippen molar-refractivity contribution >= 4 is 16.9 Å². The van der Waals surface area contributed by atoms with E-state index in [1.807, 2.05) is 62.3 Å². The zero-order valence-electron chi connectivity index (χ0n) is 21.0. The molecular weight excluding hydrogens is 477 g/mol. The zero-order chi connectivity index (χ0) is 26.0. The van der Waals surface area contributed by atoms with E-state index in [4.69, 9.17) is 4.98 Å². The maximum absolute atomic E-state index is 13.9. The van der Waals surface area contributed by atoms with Gasteiger partial charge in [0, 0.05) is 30.8 Å². The SMILES string of the molecule is CCNC(=O)c1cc2c(c(-c3cccc(-c4cccc(F)c4)c3)n1)[C@H](CCO)N([S@@](=O)C(C)(C)C)C2. The number of nitrogens with one attached hydrogen (secondary N) is 1. The Morgan fingerprint density at radius 3 is 2.44 bits per heavy atom. The molecule has 1 aromatic heterocycles. The normalized spacial score (nSPS) is 16.6. The topological polar surface area (TPSA) is 82.5 Å². The van der Waals surface area contributed by atoms with E-state index >= 15 is 0 Å². The van der Waals surface area contributed by atoms with Gasteiger partial charge in [-0.05, 0) is 75.1 Å². The summed E-state index contributed by atoms with van der Waals surface area (Å²) in [5.41, 5.74) is 4.95. The summed E-state index contributed by atoms with van der Waals surface area (Å²) < 4.78 is 28.8. The van der Waals surface area contributed by atoms with Crippen LogP contribution in [0.4, 0.5) is 4.39 Å². The molecule has 4 rings (SSSR count). The van der Waals surface area contributed by atoms with Crippen LogP contribution in [0.5, 0.6) is 0 Å². The maximum Gasteiger partial charge on any atom is 0.269 e. The lowest BCUT2D eigenvalue weighted by molar-refractivity contribution is 0.0951. The minimum absolute atomic E-state index is 0.0806. The highest BCUT2D eigenvalue weighted by atomic mass is 32.2. The van der Waals surface area contributed by atoms with Gasteiger partial charge < -0.3 is 10.4 Å². The van der Waals surface area contributed by atoms with Crippen molar-refractivity contribution in [3.63, 3.8) is 0 Å². The van der Waals surface area contributed by atoms with Crippen LogP contribution in [0.1, 0.15) is 61.8 Å². The lowest BCUT2D eigenvalue weighted by Crippen LogP contribution is -2.36. The first kappa shape index (κ1) is 26.1. The number of aliphatic hydroxyl groups is 1. The Hall–Kier alpha value is -2.94. The molecule has 0 fully saturated rings. The highest BCUT2D eigenvalue weighted by molar-refractivity contribution is 7.84. The van der Waals surface area contributed by atoms with Crippen molar-refractivity contribution in [2.45, 2.75) is 51.4 Å². The molecule has 6 nitrogen and oxygen atoms in total. The molecule has 1 amide bonds. The van der Waals surface area contributed by atoms with E-state index in [1.165, 1.54) is 12.1 Å². The molecule has 36 heavy (non-hydrogen) atoms. The van der Waals surface area contributed by atoms with Crippen molar-refractivity contribution in [2.75, 3.05) is 13.2 Å². The molecule has 0 saturated carbocycles. The van der Waals surface area contributed by atoms with E-state index in [-0.39, 0.29) is 30.1 Å². The first-order valence-electron chi connectivity index (χ1n) is 12.1. The van der Waals surface area contributed by atoms with Crippen LogP contribution in [0, 0.1) is 5.82 Å². The number of rotatable bonds is 7. The smallest absolute Gasteiger partial charge is 0.269 e. The van der Waals surface area contributed by atoms with Gasteiger partial charge in [-0.15, -0.1) is 0 Å². The Morgan fingerprint density at radius 2 is 1.81 bits per heavy atom. The van der Waals surface area contributed by atoms with Crippen molar-refractivity contribution in [1.29, 1.82) is 0 Å². The molecule has 2 heterocycles. The lowest BCUT2D eigenvalue weighted by Gasteiger charge is -2.30. The van der Waals surface area contributed by atoms with E-state index in [1.54, 1.807) is 12.1 Å². The summed E-state index contributed by atoms with van der Waals surface area (Å²) >= 11 is 0. The molecule has 0 aliphatic carbocycles. The van der Waals surface area contributed by atoms with Gasteiger partial charge in [0.2, 0.25) is 0 Å². The number of carbonyl (C=O) groups is 1. The third-order valence-electron chi connectivity index (χ3n) is 6.15. The van der Waals surface area contributed by atoms with Gasteiger partial charge >= 0.3 is 0 Å². The second-order valence-electron chi connectivity index (χ2n) is 9.84. The minimum Gasteiger partial charge on any atom is -0.396 e. The fourth-order valence-corrected chi connectivity index (χ4v) is 5.97. The van der Waals surface area contributed by atoms with Gasteiger partial charge in [-0.2, -0.15) is 0 Å². The molecule has 3 aromatic rings. The number of halogens is 1. The summed E-state index contributed by atoms with van der Waals surface area (Å²) in [5, 5.41) is 12.7. The van der Waals surface area contributed by atoms with Crippen molar-refractivity contribution in [3.05, 3.63) is 77.2 Å². The van der Waals surface area contributed by atoms with Gasteiger partial charge in [-0.3, -0.25) is 4.79 Å². The van der Waals surface area contributed by atoms with Crippen molar-refractivity contribution in [3.8, 4) is 22.4 Å². The van der Waals surface area contributed by atoms with Crippen LogP contribution in [0.3, 0.4) is 0 Å². The number of nitrogens with zero attached hydrogens (tertiary/aromatic N) is 2. The van der Waals surface area contributed by atoms with Crippen LogP contribution in [0.15, 0.2) is 54.6 Å². The standard InChI is InChI=1S/C28H32FN3O3S/c1-5-30-27(34)23-16-21-17-32(36(35)28(2,3)4)24(12-13-33)25(21)26(31-23)20-10-6-8-18(14-20)19-9-7-11-22(29)15-19/h6-11,14-16,24,33H,5,12-13,17H2,1-4H3,(H,30,34)/t24-,36-/m0/s1. The fraction of sp³-hybridized carbons (Fsp3) is 0.357. The molecule has 1 aliphatic heterocycles. The highest BCUT2D eigenvalue weighted by Gasteiger charge is 2.40. The van der Waals surface area contributed by atoms with Crippen LogP contribution in [-0.4, -0.2) is 42.4 Å². The Labute approximate surface area is 214 Å². The molecule has 0 unspecified atom stereocenters. The molecule has 0 saturated heterocycles. The molecule has 2 aromatic carbocycles. The number of carbonyl (C=O) groups excluding carboxylic acids is 1. The average molecular weight is 510 g/mol. The van der Waals surface area contributed by atoms with Gasteiger partial charge in [0.25, 0.3) is 5.91 Å². The van der Waals surface area contributed by atoms with Crippen LogP contribution in [-0.2, 0) is 17.5 Å². The van der Waals surface area contributed by atoms with E-state index in [0.717, 1.165) is 27.8 Å². The number of hydrogen-bond donors (Lipinski definition) is 2. The minimum atomic E-state index is -1.34. The quantitative estimate of drug-likeness (QED) is 0.469. The predicted molar refractivity (Wildman–Crippen MR) is 141 cm³/mol. The van der Waals surface area contributed by atoms with Gasteiger partial charge in [-0.25, -0.2) is 17.9 Å². The van der Waals surface area contributed by atoms with E-state index in [2.05, 4.69) is 5.32 Å². The Bertz CT molecular complexity index is 1310. The summed E-state index contributed by atoms with van der Waals surface area (Å²) in [4.78, 5) is 17.6. The summed E-state index contributed by atoms with van der Waals surface area (Å²) in [6.07, 6.45) is 0.383. The molecular formula is C28H32FN3O3S. The Balaban J connectivity index is 1.90. The van der Waals surface area contributed by atoms with Gasteiger partial charge in [0.15, 0.2) is 0 Å². The van der Waals surface area contributed by atoms with Crippen molar-refractivity contribution in [1.82, 2.24) is 14.6 Å². The van der Waals surface area contributed by atoms with E-state index in [0.29, 0.717) is 25.2 Å². The van der Waals surface area contributed by atoms with Crippen LogP contribution in [0.25, 0.3) is 22.4 Å². The molecule has 0 spiro atoms. The van der Waals surface area contributed by atoms with Crippen molar-refractivity contribution < 1.29 is 18.5 Å². The fourth-order valence-electron chi connectivity index (χ4n) is 4.57. The predicted octanol–water partition coefficient (Wildman–Crippen LogP) is 5.01. The number of fused-ring (bicyclic) bond motifs is 1. The summed E-state index contributed by atoms with van der Waals surface area (Å²) in [5.74, 6) is -0.601. The second kappa shape index (κ2) is 10.6. The molecule has 0 radical (unpaired) electrons. The maximum atomic E-state index is 13.9. The molecule has 190 valence electrons. The van der Waals surface area contributed by atoms with Crippen LogP contribution < -0.4 is 5.32 Å². The number of aromatic nitrogens is 1. The number of amides is 1. The second-order valence-corrected chi connectivity index (χ2v) is 12.0. The molecule has 1 aliphatic rings. The Morgan fingerprint density at radius 1 is 1.14 bits per heavy atom. The third-order valence-corrected chi connectivity index (χ3v) is 8.01. The lowest BCUT2D eigenvalue weighted by atomic mass is 9.94. The number of hydrogen-bond acceptors (Lipinski definition) is 4. The van der Waals surface area contributed by atoms with Crippen molar-refractivity contribution in [2.24, 2.45) is 0 Å². The van der Waals surface area contributed by atoms with Crippen LogP contribution >= 0.6 is 0 Å². The molecule has 0 bridgehead atoms. The monoisotopic (exact) mass is 509 g/mol. The van der Waals surface area contributed by atoms with Gasteiger partial charge in [0.1, 0.15) is 22.5 Å². The largest absolute Gasteiger partial charge is 0.396 e. The number of benzene rings is 2. The number of pyridine rings is 1. The molecule has 2 N–H and O–H groups in total. The highest BCUT2D eigenvalue weighted by Crippen LogP contribution is 2.44. The molecule has 8 heteroatoms.